The van der Waals surface area contributed by atoms with E-state index >= 15 is 4.39 Å². The lowest BCUT2D eigenvalue weighted by Crippen LogP contribution is -2.52. The quantitative estimate of drug-likeness (QED) is 0.491. The van der Waals surface area contributed by atoms with E-state index in [0.29, 0.717) is 17.5 Å². The molecule has 0 aromatic carbocycles. The summed E-state index contributed by atoms with van der Waals surface area (Å²) in [6.45, 7) is 2.06. The van der Waals surface area contributed by atoms with Gasteiger partial charge in [0.05, 0.1) is 41.8 Å². The minimum absolute atomic E-state index is 0.0362. The highest BCUT2D eigenvalue weighted by Gasteiger charge is 2.49. The normalized spacial score (nSPS) is 28.6. The van der Waals surface area contributed by atoms with Gasteiger partial charge in [0.1, 0.15) is 11.5 Å². The molecule has 36 heavy (non-hydrogen) atoms. The molecular weight excluding hydrogens is 468 g/mol. The Kier molecular flexibility index (Phi) is 5.54. The van der Waals surface area contributed by atoms with Crippen LogP contribution in [-0.2, 0) is 9.53 Å². The molecule has 7 rings (SSSR count). The average Bonchev–Trinajstić information content (AvgIpc) is 3.56. The number of hydrogen-bond acceptors (Lipinski definition) is 8. The van der Waals surface area contributed by atoms with Crippen LogP contribution in [0.5, 0.6) is 0 Å². The molecule has 3 aromatic rings. The molecule has 3 heterocycles. The highest BCUT2D eigenvalue weighted by atomic mass is 19.1. The Morgan fingerprint density at radius 3 is 2.75 bits per heavy atom. The lowest BCUT2D eigenvalue weighted by Gasteiger charge is -2.47. The molecule has 0 amide bonds. The van der Waals surface area contributed by atoms with Crippen LogP contribution >= 0.6 is 0 Å². The van der Waals surface area contributed by atoms with Crippen LogP contribution in [-0.4, -0.2) is 43.8 Å². The third-order valence-corrected chi connectivity index (χ3v) is 7.86. The van der Waals surface area contributed by atoms with Crippen LogP contribution in [0.3, 0.4) is 0 Å². The lowest BCUT2D eigenvalue weighted by atomic mass is 9.61. The summed E-state index contributed by atoms with van der Waals surface area (Å²) in [7, 11) is 0. The number of rotatable bonds is 6. The third kappa shape index (κ3) is 3.75. The van der Waals surface area contributed by atoms with Crippen LogP contribution in [0.15, 0.2) is 12.3 Å². The minimum Gasteiger partial charge on any atom is -0.466 e. The van der Waals surface area contributed by atoms with Crippen molar-refractivity contribution in [2.45, 2.75) is 51.0 Å². The van der Waals surface area contributed by atoms with Crippen LogP contribution in [0.1, 0.15) is 50.6 Å². The molecule has 0 saturated heterocycles. The molecule has 4 atom stereocenters. The SMILES string of the molecule is CCOC(=O)[C@H]1C2CCC(CC2)[C@@H]1Nc1nc(-c2n[nH]c3ncc(F)cc23)nc(C2CC2C#N)c1F. The Morgan fingerprint density at radius 2 is 2.03 bits per heavy atom. The predicted octanol–water partition coefficient (Wildman–Crippen LogP) is 4.10. The van der Waals surface area contributed by atoms with Crippen LogP contribution in [0.2, 0.25) is 0 Å². The zero-order valence-electron chi connectivity index (χ0n) is 19.7. The number of hydrogen-bond donors (Lipinski definition) is 2. The van der Waals surface area contributed by atoms with Crippen molar-refractivity contribution < 1.29 is 18.3 Å². The molecule has 0 spiro atoms. The number of esters is 1. The summed E-state index contributed by atoms with van der Waals surface area (Å²) in [5, 5.41) is 19.9. The maximum atomic E-state index is 15.8. The van der Waals surface area contributed by atoms with Gasteiger partial charge in [0, 0.05) is 12.0 Å². The highest BCUT2D eigenvalue weighted by Crippen LogP contribution is 2.49. The van der Waals surface area contributed by atoms with Crippen LogP contribution < -0.4 is 5.32 Å². The van der Waals surface area contributed by atoms with E-state index in [0.717, 1.165) is 31.9 Å². The average molecular weight is 494 g/mol. The summed E-state index contributed by atoms with van der Waals surface area (Å²) in [5.74, 6) is -2.11. The molecule has 4 aliphatic carbocycles. The van der Waals surface area contributed by atoms with Crippen molar-refractivity contribution in [1.82, 2.24) is 25.1 Å². The zero-order valence-corrected chi connectivity index (χ0v) is 19.7. The Balaban J connectivity index is 1.43. The molecule has 3 aromatic heterocycles. The summed E-state index contributed by atoms with van der Waals surface area (Å²) in [6.07, 6.45) is 5.35. The number of pyridine rings is 1. The molecule has 2 bridgehead atoms. The van der Waals surface area contributed by atoms with Crippen molar-refractivity contribution in [2.24, 2.45) is 23.7 Å². The van der Waals surface area contributed by atoms with Gasteiger partial charge in [0.25, 0.3) is 0 Å². The van der Waals surface area contributed by atoms with Crippen molar-refractivity contribution in [2.75, 3.05) is 11.9 Å². The first-order chi connectivity index (χ1) is 17.5. The second-order valence-corrected chi connectivity index (χ2v) is 9.92. The van der Waals surface area contributed by atoms with E-state index in [1.807, 2.05) is 0 Å². The van der Waals surface area contributed by atoms with E-state index in [9.17, 15) is 14.4 Å². The molecule has 186 valence electrons. The smallest absolute Gasteiger partial charge is 0.311 e. The van der Waals surface area contributed by atoms with Crippen LogP contribution in [0.4, 0.5) is 14.6 Å². The van der Waals surface area contributed by atoms with Crippen LogP contribution in [0.25, 0.3) is 22.6 Å². The van der Waals surface area contributed by atoms with Crippen molar-refractivity contribution in [3.8, 4) is 17.6 Å². The minimum atomic E-state index is -0.630. The highest BCUT2D eigenvalue weighted by molar-refractivity contribution is 5.88. The van der Waals surface area contributed by atoms with Crippen molar-refractivity contribution in [3.63, 3.8) is 0 Å². The zero-order chi connectivity index (χ0) is 25.0. The van der Waals surface area contributed by atoms with Crippen LogP contribution in [0, 0.1) is 46.6 Å². The first kappa shape index (κ1) is 22.8. The van der Waals surface area contributed by atoms with Gasteiger partial charge in [0.15, 0.2) is 23.1 Å². The molecule has 4 aliphatic rings. The van der Waals surface area contributed by atoms with Crippen molar-refractivity contribution >= 4 is 22.8 Å². The molecule has 0 radical (unpaired) electrons. The molecule has 2 N–H and O–H groups in total. The van der Waals surface area contributed by atoms with E-state index < -0.39 is 17.6 Å². The third-order valence-electron chi connectivity index (χ3n) is 7.86. The number of fused-ring (bicyclic) bond motifs is 4. The van der Waals surface area contributed by atoms with Crippen molar-refractivity contribution in [1.29, 1.82) is 5.26 Å². The Bertz CT molecular complexity index is 1380. The maximum absolute atomic E-state index is 15.8. The number of nitrogens with one attached hydrogen (secondary N) is 2. The van der Waals surface area contributed by atoms with Gasteiger partial charge in [0.2, 0.25) is 0 Å². The van der Waals surface area contributed by atoms with E-state index in [1.54, 1.807) is 6.92 Å². The largest absolute Gasteiger partial charge is 0.466 e. The lowest BCUT2D eigenvalue weighted by molar-refractivity contribution is -0.154. The summed E-state index contributed by atoms with van der Waals surface area (Å²) < 4.78 is 35.2. The number of ether oxygens (including phenoxy) is 1. The number of H-pyrrole nitrogens is 1. The number of nitriles is 1. The number of aromatic amines is 1. The number of carbonyl (C=O) groups excluding carboxylic acids is 1. The predicted molar refractivity (Wildman–Crippen MR) is 124 cm³/mol. The molecule has 4 saturated carbocycles. The van der Waals surface area contributed by atoms with E-state index in [-0.39, 0.29) is 65.3 Å². The number of anilines is 1. The molecule has 9 nitrogen and oxygen atoms in total. The molecule has 0 aliphatic heterocycles. The van der Waals surface area contributed by atoms with Gasteiger partial charge in [-0.3, -0.25) is 9.89 Å². The van der Waals surface area contributed by atoms with Gasteiger partial charge in [-0.2, -0.15) is 10.4 Å². The number of aromatic nitrogens is 5. The van der Waals surface area contributed by atoms with E-state index in [1.165, 1.54) is 6.07 Å². The number of halogens is 2. The fraction of sp³-hybridized carbons (Fsp3) is 0.520. The van der Waals surface area contributed by atoms with E-state index in [2.05, 4.69) is 36.5 Å². The maximum Gasteiger partial charge on any atom is 0.311 e. The number of carbonyl (C=O) groups is 1. The molecular formula is C25H25F2N7O2. The standard InChI is InChI=1S/C25H25F2N7O2/c1-2-36-25(35)17-11-3-5-12(6-4-11)19(17)30-23-18(27)20(15-7-13(15)9-28)31-24(32-23)21-16-8-14(26)10-29-22(16)34-33-21/h8,10-13,15,17,19H,2-7H2,1H3,(H,29,33,34)(H,30,31,32)/t11?,12?,13?,15?,17-,19-/m0/s1. The van der Waals surface area contributed by atoms with Gasteiger partial charge >= 0.3 is 5.97 Å². The summed E-state index contributed by atoms with van der Waals surface area (Å²) >= 11 is 0. The second kappa shape index (κ2) is 8.76. The topological polar surface area (TPSA) is 129 Å². The van der Waals surface area contributed by atoms with Gasteiger partial charge in [-0.1, -0.05) is 0 Å². The van der Waals surface area contributed by atoms with E-state index in [4.69, 9.17) is 4.74 Å². The Hall–Kier alpha value is -3.68. The summed E-state index contributed by atoms with van der Waals surface area (Å²) in [4.78, 5) is 25.8. The van der Waals surface area contributed by atoms with Gasteiger partial charge < -0.3 is 10.1 Å². The fourth-order valence-corrected chi connectivity index (χ4v) is 5.99. The molecule has 11 heteroatoms. The molecule has 4 fully saturated rings. The molecule has 2 unspecified atom stereocenters. The van der Waals surface area contributed by atoms with Gasteiger partial charge in [-0.05, 0) is 56.9 Å². The Labute approximate surface area is 205 Å². The first-order valence-corrected chi connectivity index (χ1v) is 12.4. The first-order valence-electron chi connectivity index (χ1n) is 12.4. The van der Waals surface area contributed by atoms with Crippen molar-refractivity contribution in [3.05, 3.63) is 29.6 Å². The van der Waals surface area contributed by atoms with Gasteiger partial charge in [-0.15, -0.1) is 0 Å². The fourth-order valence-electron chi connectivity index (χ4n) is 5.99. The second-order valence-electron chi connectivity index (χ2n) is 9.92. The Morgan fingerprint density at radius 1 is 1.25 bits per heavy atom. The monoisotopic (exact) mass is 493 g/mol. The summed E-state index contributed by atoms with van der Waals surface area (Å²) in [6, 6.07) is 3.11. The summed E-state index contributed by atoms with van der Waals surface area (Å²) in [5.41, 5.74) is 0.717. The number of nitrogens with zero attached hydrogens (tertiary/aromatic N) is 5. The van der Waals surface area contributed by atoms with Gasteiger partial charge in [-0.25, -0.2) is 23.7 Å².